The van der Waals surface area contributed by atoms with E-state index in [9.17, 15) is 18.0 Å². The summed E-state index contributed by atoms with van der Waals surface area (Å²) in [6, 6.07) is 12.7. The van der Waals surface area contributed by atoms with Crippen molar-refractivity contribution < 1.29 is 18.0 Å². The van der Waals surface area contributed by atoms with Gasteiger partial charge in [-0.1, -0.05) is 17.7 Å². The summed E-state index contributed by atoms with van der Waals surface area (Å²) >= 11 is 5.96. The van der Waals surface area contributed by atoms with E-state index in [4.69, 9.17) is 11.6 Å². The van der Waals surface area contributed by atoms with E-state index in [2.05, 4.69) is 5.32 Å². The summed E-state index contributed by atoms with van der Waals surface area (Å²) in [5.74, 6) is -2.11. The van der Waals surface area contributed by atoms with E-state index in [1.165, 1.54) is 24.3 Å². The molecule has 0 bridgehead atoms. The van der Waals surface area contributed by atoms with Crippen LogP contribution in [0.1, 0.15) is 18.1 Å². The standard InChI is InChI=1S/C22H15ClF3NO/c1-22(11-12-4-16(24)10-17(25)5-12)19-8-13(2-3-20(19)27-21(22)28)14-6-15(23)9-18(26)7-14/h2-10H,11H2,1H3,(H,27,28). The number of nitrogens with one attached hydrogen (secondary N) is 1. The first kappa shape index (κ1) is 18.6. The summed E-state index contributed by atoms with van der Waals surface area (Å²) < 4.78 is 40.9. The van der Waals surface area contributed by atoms with E-state index in [0.29, 0.717) is 27.9 Å². The number of fused-ring (bicyclic) bond motifs is 1. The molecule has 0 saturated heterocycles. The van der Waals surface area contributed by atoms with Gasteiger partial charge in [0.25, 0.3) is 0 Å². The summed E-state index contributed by atoms with van der Waals surface area (Å²) in [6.07, 6.45) is 0.119. The van der Waals surface area contributed by atoms with Crippen molar-refractivity contribution in [3.8, 4) is 11.1 Å². The molecule has 2 nitrogen and oxygen atoms in total. The number of anilines is 1. The van der Waals surface area contributed by atoms with Gasteiger partial charge in [-0.05, 0) is 78.1 Å². The molecule has 3 aromatic rings. The predicted molar refractivity (Wildman–Crippen MR) is 103 cm³/mol. The quantitative estimate of drug-likeness (QED) is 0.583. The summed E-state index contributed by atoms with van der Waals surface area (Å²) in [6.45, 7) is 1.72. The zero-order valence-electron chi connectivity index (χ0n) is 14.8. The van der Waals surface area contributed by atoms with Crippen LogP contribution in [0.4, 0.5) is 18.9 Å². The molecule has 6 heteroatoms. The number of benzene rings is 3. The van der Waals surface area contributed by atoms with Crippen LogP contribution >= 0.6 is 11.6 Å². The van der Waals surface area contributed by atoms with E-state index in [0.717, 1.165) is 6.07 Å². The second kappa shape index (κ2) is 6.67. The molecule has 1 aliphatic rings. The number of rotatable bonds is 3. The molecule has 0 fully saturated rings. The molecule has 0 aliphatic carbocycles. The Morgan fingerprint density at radius 1 is 0.893 bits per heavy atom. The maximum atomic E-state index is 13.7. The molecule has 3 aromatic carbocycles. The highest BCUT2D eigenvalue weighted by Crippen LogP contribution is 2.42. The molecule has 0 saturated carbocycles. The number of halogens is 4. The molecule has 0 aromatic heterocycles. The van der Waals surface area contributed by atoms with Gasteiger partial charge in [0.15, 0.2) is 0 Å². The fourth-order valence-electron chi connectivity index (χ4n) is 3.69. The molecule has 1 unspecified atom stereocenters. The minimum absolute atomic E-state index is 0.119. The van der Waals surface area contributed by atoms with Crippen LogP contribution in [-0.2, 0) is 16.6 Å². The molecule has 1 heterocycles. The van der Waals surface area contributed by atoms with Crippen LogP contribution < -0.4 is 5.32 Å². The molecular weight excluding hydrogens is 387 g/mol. The van der Waals surface area contributed by atoms with Crippen molar-refractivity contribution >= 4 is 23.2 Å². The molecule has 4 rings (SSSR count). The zero-order valence-corrected chi connectivity index (χ0v) is 15.6. The Balaban J connectivity index is 1.79. The van der Waals surface area contributed by atoms with Gasteiger partial charge in [0.2, 0.25) is 5.91 Å². The second-order valence-corrected chi connectivity index (χ2v) is 7.60. The third-order valence-corrected chi connectivity index (χ3v) is 5.26. The van der Waals surface area contributed by atoms with E-state index in [1.807, 2.05) is 0 Å². The first-order valence-corrected chi connectivity index (χ1v) is 9.00. The van der Waals surface area contributed by atoms with Crippen molar-refractivity contribution in [3.63, 3.8) is 0 Å². The van der Waals surface area contributed by atoms with Crippen LogP contribution in [0.15, 0.2) is 54.6 Å². The van der Waals surface area contributed by atoms with Gasteiger partial charge in [0, 0.05) is 16.8 Å². The lowest BCUT2D eigenvalue weighted by Crippen LogP contribution is -2.33. The van der Waals surface area contributed by atoms with Gasteiger partial charge in [-0.2, -0.15) is 0 Å². The van der Waals surface area contributed by atoms with Crippen molar-refractivity contribution in [1.82, 2.24) is 0 Å². The fraction of sp³-hybridized carbons (Fsp3) is 0.136. The molecule has 1 N–H and O–H groups in total. The average Bonchev–Trinajstić information content (AvgIpc) is 2.83. The van der Waals surface area contributed by atoms with Gasteiger partial charge in [-0.25, -0.2) is 13.2 Å². The smallest absolute Gasteiger partial charge is 0.235 e. The molecule has 1 aliphatic heterocycles. The van der Waals surface area contributed by atoms with Crippen LogP contribution in [0.25, 0.3) is 11.1 Å². The van der Waals surface area contributed by atoms with Crippen LogP contribution in [0, 0.1) is 17.5 Å². The van der Waals surface area contributed by atoms with Gasteiger partial charge in [0.05, 0.1) is 5.41 Å². The molecule has 1 amide bonds. The molecule has 0 radical (unpaired) electrons. The summed E-state index contributed by atoms with van der Waals surface area (Å²) in [5.41, 5.74) is 1.92. The lowest BCUT2D eigenvalue weighted by Gasteiger charge is -2.23. The minimum atomic E-state index is -1.03. The van der Waals surface area contributed by atoms with Crippen LogP contribution in [0.2, 0.25) is 5.02 Å². The number of carbonyl (C=O) groups excluding carboxylic acids is 1. The summed E-state index contributed by atoms with van der Waals surface area (Å²) in [7, 11) is 0. The number of hydrogen-bond acceptors (Lipinski definition) is 1. The van der Waals surface area contributed by atoms with E-state index in [1.54, 1.807) is 31.2 Å². The Bertz CT molecular complexity index is 1070. The Morgan fingerprint density at radius 3 is 2.25 bits per heavy atom. The SMILES string of the molecule is CC1(Cc2cc(F)cc(F)c2)C(=O)Nc2ccc(-c3cc(F)cc(Cl)c3)cc21. The van der Waals surface area contributed by atoms with Crippen molar-refractivity contribution in [2.45, 2.75) is 18.8 Å². The lowest BCUT2D eigenvalue weighted by atomic mass is 9.77. The maximum Gasteiger partial charge on any atom is 0.235 e. The number of carbonyl (C=O) groups is 1. The molecule has 28 heavy (non-hydrogen) atoms. The van der Waals surface area contributed by atoms with Gasteiger partial charge >= 0.3 is 0 Å². The Hall–Kier alpha value is -2.79. The van der Waals surface area contributed by atoms with Crippen molar-refractivity contribution in [3.05, 3.63) is 88.2 Å². The van der Waals surface area contributed by atoms with Crippen LogP contribution in [0.5, 0.6) is 0 Å². The van der Waals surface area contributed by atoms with Crippen LogP contribution in [-0.4, -0.2) is 5.91 Å². The highest BCUT2D eigenvalue weighted by molar-refractivity contribution is 6.30. The first-order chi connectivity index (χ1) is 13.2. The Morgan fingerprint density at radius 2 is 1.57 bits per heavy atom. The van der Waals surface area contributed by atoms with Gasteiger partial charge in [-0.3, -0.25) is 4.79 Å². The minimum Gasteiger partial charge on any atom is -0.325 e. The predicted octanol–water partition coefficient (Wildman–Crippen LogP) is 5.88. The van der Waals surface area contributed by atoms with E-state index >= 15 is 0 Å². The average molecular weight is 402 g/mol. The molecule has 1 atom stereocenters. The second-order valence-electron chi connectivity index (χ2n) is 7.16. The van der Waals surface area contributed by atoms with Crippen molar-refractivity contribution in [2.75, 3.05) is 5.32 Å². The number of amides is 1. The topological polar surface area (TPSA) is 29.1 Å². The van der Waals surface area contributed by atoms with E-state index < -0.39 is 22.9 Å². The third-order valence-electron chi connectivity index (χ3n) is 5.04. The highest BCUT2D eigenvalue weighted by Gasteiger charge is 2.43. The first-order valence-electron chi connectivity index (χ1n) is 8.62. The monoisotopic (exact) mass is 401 g/mol. The van der Waals surface area contributed by atoms with Crippen molar-refractivity contribution in [2.24, 2.45) is 0 Å². The lowest BCUT2D eigenvalue weighted by molar-refractivity contribution is -0.120. The van der Waals surface area contributed by atoms with Gasteiger partial charge in [0.1, 0.15) is 17.5 Å². The van der Waals surface area contributed by atoms with Crippen molar-refractivity contribution in [1.29, 1.82) is 0 Å². The fourth-order valence-corrected chi connectivity index (χ4v) is 3.91. The molecule has 142 valence electrons. The maximum absolute atomic E-state index is 13.7. The number of hydrogen-bond donors (Lipinski definition) is 1. The normalized spacial score (nSPS) is 18.1. The largest absolute Gasteiger partial charge is 0.325 e. The summed E-state index contributed by atoms with van der Waals surface area (Å²) in [5, 5.41) is 3.08. The Kier molecular flexibility index (Phi) is 4.42. The van der Waals surface area contributed by atoms with Crippen LogP contribution in [0.3, 0.4) is 0 Å². The van der Waals surface area contributed by atoms with E-state index in [-0.39, 0.29) is 17.4 Å². The van der Waals surface area contributed by atoms with Gasteiger partial charge in [-0.15, -0.1) is 0 Å². The Labute approximate surface area is 165 Å². The zero-order chi connectivity index (χ0) is 20.1. The summed E-state index contributed by atoms with van der Waals surface area (Å²) in [4.78, 5) is 12.7. The van der Waals surface area contributed by atoms with Gasteiger partial charge < -0.3 is 5.32 Å². The highest BCUT2D eigenvalue weighted by atomic mass is 35.5. The third kappa shape index (κ3) is 3.27. The molecular formula is C22H15ClF3NO. The molecule has 0 spiro atoms.